The first-order valence-electron chi connectivity index (χ1n) is 7.22. The summed E-state index contributed by atoms with van der Waals surface area (Å²) in [6, 6.07) is 7.95. The number of likely N-dealkylation sites (N-methyl/N-ethyl adjacent to an activating group) is 1. The van der Waals surface area contributed by atoms with E-state index in [1.54, 1.807) is 4.90 Å². The number of hydrogen-bond donors (Lipinski definition) is 1. The second-order valence-corrected chi connectivity index (χ2v) is 6.93. The quantitative estimate of drug-likeness (QED) is 0.918. The van der Waals surface area contributed by atoms with Crippen LogP contribution in [0.15, 0.2) is 24.3 Å². The summed E-state index contributed by atoms with van der Waals surface area (Å²) < 4.78 is 0. The van der Waals surface area contributed by atoms with Crippen molar-refractivity contribution in [1.82, 2.24) is 4.90 Å². The predicted octanol–water partition coefficient (Wildman–Crippen LogP) is 3.14. The van der Waals surface area contributed by atoms with Gasteiger partial charge in [0.05, 0.1) is 6.04 Å². The van der Waals surface area contributed by atoms with Gasteiger partial charge in [-0.2, -0.15) is 0 Å². The van der Waals surface area contributed by atoms with Crippen molar-refractivity contribution in [3.8, 4) is 0 Å². The summed E-state index contributed by atoms with van der Waals surface area (Å²) in [6.45, 7) is 10.9. The minimum Gasteiger partial charge on any atom is -0.340 e. The summed E-state index contributed by atoms with van der Waals surface area (Å²) >= 11 is 0. The van der Waals surface area contributed by atoms with Crippen LogP contribution >= 0.6 is 0 Å². The smallest absolute Gasteiger partial charge is 0.240 e. The zero-order valence-electron chi connectivity index (χ0n) is 13.6. The standard InChI is InChI=1S/C17H28N2O/c1-12(2)14-9-7-13(8-10-14)11-19(6)16(20)15(18)17(3,4)5/h7-10,12,15H,11,18H2,1-6H3. The Morgan fingerprint density at radius 2 is 1.70 bits per heavy atom. The number of carbonyl (C=O) groups excluding carboxylic acids is 1. The van der Waals surface area contributed by atoms with E-state index >= 15 is 0 Å². The molecule has 0 aliphatic heterocycles. The van der Waals surface area contributed by atoms with Crippen LogP contribution in [0.4, 0.5) is 0 Å². The Labute approximate surface area is 123 Å². The van der Waals surface area contributed by atoms with E-state index in [0.29, 0.717) is 12.5 Å². The molecule has 1 amide bonds. The van der Waals surface area contributed by atoms with Crippen LogP contribution in [0.1, 0.15) is 51.7 Å². The zero-order chi connectivity index (χ0) is 15.5. The molecule has 1 atom stereocenters. The third-order valence-corrected chi connectivity index (χ3v) is 3.64. The van der Waals surface area contributed by atoms with Gasteiger partial charge in [0.25, 0.3) is 0 Å². The monoisotopic (exact) mass is 276 g/mol. The molecule has 1 rings (SSSR count). The summed E-state index contributed by atoms with van der Waals surface area (Å²) in [5.41, 5.74) is 8.25. The second kappa shape index (κ2) is 6.40. The van der Waals surface area contributed by atoms with Crippen LogP contribution in [0.3, 0.4) is 0 Å². The number of amides is 1. The summed E-state index contributed by atoms with van der Waals surface area (Å²) in [4.78, 5) is 14.0. The van der Waals surface area contributed by atoms with E-state index in [-0.39, 0.29) is 11.3 Å². The van der Waals surface area contributed by atoms with Crippen molar-refractivity contribution in [3.05, 3.63) is 35.4 Å². The molecule has 0 radical (unpaired) electrons. The molecule has 2 N–H and O–H groups in total. The highest BCUT2D eigenvalue weighted by Crippen LogP contribution is 2.20. The molecule has 0 fully saturated rings. The molecule has 3 heteroatoms. The second-order valence-electron chi connectivity index (χ2n) is 6.93. The van der Waals surface area contributed by atoms with Crippen molar-refractivity contribution in [2.45, 2.75) is 53.1 Å². The fourth-order valence-electron chi connectivity index (χ4n) is 1.97. The number of hydrogen-bond acceptors (Lipinski definition) is 2. The summed E-state index contributed by atoms with van der Waals surface area (Å²) in [7, 11) is 1.81. The third kappa shape index (κ3) is 4.34. The van der Waals surface area contributed by atoms with Crippen LogP contribution in [0.2, 0.25) is 0 Å². The normalized spacial score (nSPS) is 13.4. The number of nitrogens with two attached hydrogens (primary N) is 1. The van der Waals surface area contributed by atoms with Crippen LogP contribution in [-0.2, 0) is 11.3 Å². The molecule has 0 aliphatic rings. The van der Waals surface area contributed by atoms with Crippen LogP contribution in [0.25, 0.3) is 0 Å². The lowest BCUT2D eigenvalue weighted by Crippen LogP contribution is -2.48. The molecule has 3 nitrogen and oxygen atoms in total. The van der Waals surface area contributed by atoms with E-state index in [1.807, 2.05) is 27.8 Å². The first-order chi connectivity index (χ1) is 9.12. The van der Waals surface area contributed by atoms with Gasteiger partial charge in [-0.3, -0.25) is 4.79 Å². The highest BCUT2D eigenvalue weighted by atomic mass is 16.2. The molecular formula is C17H28N2O. The predicted molar refractivity (Wildman–Crippen MR) is 84.4 cm³/mol. The van der Waals surface area contributed by atoms with Gasteiger partial charge in [-0.1, -0.05) is 58.9 Å². The molecule has 0 saturated heterocycles. The summed E-state index contributed by atoms with van der Waals surface area (Å²) in [5.74, 6) is 0.517. The lowest BCUT2D eigenvalue weighted by Gasteiger charge is -2.30. The highest BCUT2D eigenvalue weighted by molar-refractivity contribution is 5.82. The molecule has 0 aromatic heterocycles. The summed E-state index contributed by atoms with van der Waals surface area (Å²) in [5, 5.41) is 0. The van der Waals surface area contributed by atoms with E-state index in [4.69, 9.17) is 5.73 Å². The Morgan fingerprint density at radius 3 is 2.10 bits per heavy atom. The molecular weight excluding hydrogens is 248 g/mol. The summed E-state index contributed by atoms with van der Waals surface area (Å²) in [6.07, 6.45) is 0. The lowest BCUT2D eigenvalue weighted by atomic mass is 9.86. The van der Waals surface area contributed by atoms with Gasteiger partial charge in [0.1, 0.15) is 0 Å². The fourth-order valence-corrected chi connectivity index (χ4v) is 1.97. The van der Waals surface area contributed by atoms with Gasteiger partial charge in [-0.25, -0.2) is 0 Å². The molecule has 1 aromatic rings. The van der Waals surface area contributed by atoms with Gasteiger partial charge in [0.15, 0.2) is 0 Å². The van der Waals surface area contributed by atoms with Gasteiger partial charge in [0, 0.05) is 13.6 Å². The molecule has 0 bridgehead atoms. The van der Waals surface area contributed by atoms with Gasteiger partial charge in [-0.15, -0.1) is 0 Å². The maximum atomic E-state index is 12.3. The van der Waals surface area contributed by atoms with Crippen molar-refractivity contribution >= 4 is 5.91 Å². The Hall–Kier alpha value is -1.35. The van der Waals surface area contributed by atoms with E-state index in [1.165, 1.54) is 5.56 Å². The maximum absolute atomic E-state index is 12.3. The van der Waals surface area contributed by atoms with E-state index in [0.717, 1.165) is 5.56 Å². The van der Waals surface area contributed by atoms with E-state index in [2.05, 4.69) is 38.1 Å². The Morgan fingerprint density at radius 1 is 1.20 bits per heavy atom. The largest absolute Gasteiger partial charge is 0.340 e. The minimum atomic E-state index is -0.470. The van der Waals surface area contributed by atoms with Crippen molar-refractivity contribution in [2.75, 3.05) is 7.05 Å². The maximum Gasteiger partial charge on any atom is 0.240 e. The molecule has 0 aliphatic carbocycles. The number of rotatable bonds is 4. The van der Waals surface area contributed by atoms with Crippen LogP contribution < -0.4 is 5.73 Å². The van der Waals surface area contributed by atoms with Gasteiger partial charge < -0.3 is 10.6 Å². The lowest BCUT2D eigenvalue weighted by molar-refractivity contribution is -0.134. The first-order valence-corrected chi connectivity index (χ1v) is 7.22. The topological polar surface area (TPSA) is 46.3 Å². The molecule has 0 heterocycles. The van der Waals surface area contributed by atoms with Crippen molar-refractivity contribution < 1.29 is 4.79 Å². The molecule has 20 heavy (non-hydrogen) atoms. The Balaban J connectivity index is 2.71. The third-order valence-electron chi connectivity index (χ3n) is 3.64. The number of nitrogens with zero attached hydrogens (tertiary/aromatic N) is 1. The SMILES string of the molecule is CC(C)c1ccc(CN(C)C(=O)C(N)C(C)(C)C)cc1. The van der Waals surface area contributed by atoms with E-state index < -0.39 is 6.04 Å². The molecule has 1 unspecified atom stereocenters. The molecule has 112 valence electrons. The fraction of sp³-hybridized carbons (Fsp3) is 0.588. The Bertz CT molecular complexity index is 443. The molecule has 0 spiro atoms. The zero-order valence-corrected chi connectivity index (χ0v) is 13.6. The molecule has 1 aromatic carbocycles. The van der Waals surface area contributed by atoms with E-state index in [9.17, 15) is 4.79 Å². The average Bonchev–Trinajstić information content (AvgIpc) is 2.36. The van der Waals surface area contributed by atoms with Gasteiger partial charge in [0.2, 0.25) is 5.91 Å². The number of carbonyl (C=O) groups is 1. The highest BCUT2D eigenvalue weighted by Gasteiger charge is 2.29. The van der Waals surface area contributed by atoms with Gasteiger partial charge >= 0.3 is 0 Å². The van der Waals surface area contributed by atoms with Crippen molar-refractivity contribution in [3.63, 3.8) is 0 Å². The van der Waals surface area contributed by atoms with Crippen LogP contribution in [0.5, 0.6) is 0 Å². The number of benzene rings is 1. The van der Waals surface area contributed by atoms with Crippen LogP contribution in [-0.4, -0.2) is 23.9 Å². The van der Waals surface area contributed by atoms with Crippen LogP contribution in [0, 0.1) is 5.41 Å². The first kappa shape index (κ1) is 16.7. The van der Waals surface area contributed by atoms with Crippen molar-refractivity contribution in [2.24, 2.45) is 11.1 Å². The van der Waals surface area contributed by atoms with Crippen molar-refractivity contribution in [1.29, 1.82) is 0 Å². The van der Waals surface area contributed by atoms with Gasteiger partial charge in [-0.05, 0) is 22.5 Å². The average molecular weight is 276 g/mol. The minimum absolute atomic E-state index is 0.00886. The molecule has 0 saturated carbocycles. The Kier molecular flexibility index (Phi) is 5.35.